The zero-order valence-corrected chi connectivity index (χ0v) is 18.3. The number of benzene rings is 1. The molecule has 0 bridgehead atoms. The Hall–Kier alpha value is -1.89. The van der Waals surface area contributed by atoms with Crippen LogP contribution in [0.1, 0.15) is 52.5 Å². The van der Waals surface area contributed by atoms with E-state index >= 15 is 0 Å². The maximum atomic E-state index is 13.1. The second kappa shape index (κ2) is 9.28. The van der Waals surface area contributed by atoms with Crippen molar-refractivity contribution >= 4 is 40.6 Å². The van der Waals surface area contributed by atoms with E-state index in [0.717, 1.165) is 45.4 Å². The summed E-state index contributed by atoms with van der Waals surface area (Å²) in [6.45, 7) is 5.84. The largest absolute Gasteiger partial charge is 0.339 e. The van der Waals surface area contributed by atoms with Crippen LogP contribution in [0.25, 0.3) is 0 Å². The number of aryl methyl sites for hydroxylation is 1. The van der Waals surface area contributed by atoms with E-state index < -0.39 is 0 Å². The van der Waals surface area contributed by atoms with Gasteiger partial charge in [-0.2, -0.15) is 0 Å². The molecular weight excluding hydrogens is 406 g/mol. The van der Waals surface area contributed by atoms with Crippen LogP contribution in [0.15, 0.2) is 35.7 Å². The molecule has 156 valence electrons. The van der Waals surface area contributed by atoms with Crippen molar-refractivity contribution in [3.63, 3.8) is 0 Å². The summed E-state index contributed by atoms with van der Waals surface area (Å²) >= 11 is 1.40. The number of amides is 2. The lowest BCUT2D eigenvalue weighted by Crippen LogP contribution is -2.44. The van der Waals surface area contributed by atoms with Crippen molar-refractivity contribution in [2.24, 2.45) is 5.41 Å². The molecule has 2 N–H and O–H groups in total. The van der Waals surface area contributed by atoms with E-state index in [2.05, 4.69) is 17.6 Å². The van der Waals surface area contributed by atoms with E-state index in [4.69, 9.17) is 0 Å². The van der Waals surface area contributed by atoms with Crippen LogP contribution in [0.2, 0.25) is 0 Å². The molecule has 0 radical (unpaired) electrons. The normalized spacial score (nSPS) is 17.8. The molecule has 0 saturated carbocycles. The summed E-state index contributed by atoms with van der Waals surface area (Å²) < 4.78 is 0. The van der Waals surface area contributed by atoms with E-state index in [1.165, 1.54) is 23.3 Å². The minimum atomic E-state index is -0.172. The molecule has 29 heavy (non-hydrogen) atoms. The maximum absolute atomic E-state index is 13.1. The van der Waals surface area contributed by atoms with Gasteiger partial charge < -0.3 is 15.5 Å². The second-order valence-electron chi connectivity index (χ2n) is 7.89. The summed E-state index contributed by atoms with van der Waals surface area (Å²) in [6.07, 6.45) is 4.27. The fourth-order valence-electron chi connectivity index (χ4n) is 4.22. The average Bonchev–Trinajstić information content (AvgIpc) is 3.38. The summed E-state index contributed by atoms with van der Waals surface area (Å²) in [5.41, 5.74) is 2.79. The molecule has 2 amide bonds. The predicted octanol–water partition coefficient (Wildman–Crippen LogP) is 4.20. The molecule has 3 heterocycles. The number of carbonyl (C=O) groups is 2. The van der Waals surface area contributed by atoms with Gasteiger partial charge in [-0.25, -0.2) is 0 Å². The van der Waals surface area contributed by atoms with Crippen molar-refractivity contribution in [2.75, 3.05) is 31.5 Å². The molecule has 1 aromatic carbocycles. The van der Waals surface area contributed by atoms with E-state index in [1.807, 2.05) is 40.6 Å². The first-order chi connectivity index (χ1) is 13.6. The van der Waals surface area contributed by atoms with Gasteiger partial charge in [0.1, 0.15) is 5.00 Å². The van der Waals surface area contributed by atoms with Crippen molar-refractivity contribution in [3.05, 3.63) is 52.4 Å². The van der Waals surface area contributed by atoms with Gasteiger partial charge in [0.25, 0.3) is 11.8 Å². The molecule has 5 nitrogen and oxygen atoms in total. The van der Waals surface area contributed by atoms with E-state index in [9.17, 15) is 9.59 Å². The number of halogens is 1. The summed E-state index contributed by atoms with van der Waals surface area (Å²) in [5.74, 6) is -0.146. The quantitative estimate of drug-likeness (QED) is 0.759. The van der Waals surface area contributed by atoms with Crippen molar-refractivity contribution in [1.29, 1.82) is 0 Å². The van der Waals surface area contributed by atoms with Crippen molar-refractivity contribution in [3.8, 4) is 0 Å². The van der Waals surface area contributed by atoms with Crippen molar-refractivity contribution < 1.29 is 9.59 Å². The van der Waals surface area contributed by atoms with Gasteiger partial charge in [0.05, 0.1) is 5.56 Å². The SMILES string of the molecule is CCc1ccc(C(=O)Nc2sccc2C(=O)N2CCC3(CCNC3)CC2)cc1.Cl. The molecule has 2 aromatic rings. The Morgan fingerprint density at radius 3 is 2.48 bits per heavy atom. The Morgan fingerprint density at radius 1 is 1.14 bits per heavy atom. The first kappa shape index (κ1) is 21.8. The van der Waals surface area contributed by atoms with Crippen molar-refractivity contribution in [1.82, 2.24) is 10.2 Å². The highest BCUT2D eigenvalue weighted by Crippen LogP contribution is 2.37. The highest BCUT2D eigenvalue weighted by molar-refractivity contribution is 7.14. The number of anilines is 1. The fraction of sp³-hybridized carbons (Fsp3) is 0.455. The van der Waals surface area contributed by atoms with Gasteiger partial charge in [0.2, 0.25) is 0 Å². The zero-order chi connectivity index (χ0) is 19.6. The smallest absolute Gasteiger partial charge is 0.256 e. The fourth-order valence-corrected chi connectivity index (χ4v) is 4.99. The van der Waals surface area contributed by atoms with Crippen LogP contribution in [-0.2, 0) is 6.42 Å². The molecular formula is C22H28ClN3O2S. The molecule has 0 aliphatic carbocycles. The van der Waals surface area contributed by atoms with Crippen LogP contribution in [0.4, 0.5) is 5.00 Å². The molecule has 0 unspecified atom stereocenters. The Morgan fingerprint density at radius 2 is 1.86 bits per heavy atom. The molecule has 2 saturated heterocycles. The van der Waals surface area contributed by atoms with Crippen LogP contribution < -0.4 is 10.6 Å². The molecule has 2 aliphatic heterocycles. The number of nitrogens with one attached hydrogen (secondary N) is 2. The van der Waals surface area contributed by atoms with Crippen LogP contribution in [0.3, 0.4) is 0 Å². The van der Waals surface area contributed by atoms with Gasteiger partial charge in [0, 0.05) is 25.2 Å². The van der Waals surface area contributed by atoms with Crippen molar-refractivity contribution in [2.45, 2.75) is 32.6 Å². The van der Waals surface area contributed by atoms with Crippen LogP contribution in [-0.4, -0.2) is 42.9 Å². The molecule has 1 spiro atoms. The minimum Gasteiger partial charge on any atom is -0.339 e. The molecule has 2 fully saturated rings. The molecule has 2 aliphatic rings. The average molecular weight is 434 g/mol. The van der Waals surface area contributed by atoms with Gasteiger partial charge in [-0.3, -0.25) is 9.59 Å². The zero-order valence-electron chi connectivity index (χ0n) is 16.7. The third-order valence-electron chi connectivity index (χ3n) is 6.19. The number of piperidine rings is 1. The number of nitrogens with zero attached hydrogens (tertiary/aromatic N) is 1. The van der Waals surface area contributed by atoms with Crippen LogP contribution in [0, 0.1) is 5.41 Å². The van der Waals surface area contributed by atoms with E-state index in [-0.39, 0.29) is 24.2 Å². The Kier molecular flexibility index (Phi) is 6.98. The molecule has 1 aromatic heterocycles. The second-order valence-corrected chi connectivity index (χ2v) is 8.80. The Balaban J connectivity index is 0.00000240. The Bertz CT molecular complexity index is 849. The summed E-state index contributed by atoms with van der Waals surface area (Å²) in [4.78, 5) is 27.6. The topological polar surface area (TPSA) is 61.4 Å². The minimum absolute atomic E-state index is 0. The van der Waals surface area contributed by atoms with Gasteiger partial charge in [-0.05, 0) is 66.8 Å². The number of hydrogen-bond donors (Lipinski definition) is 2. The van der Waals surface area contributed by atoms with Gasteiger partial charge >= 0.3 is 0 Å². The first-order valence-electron chi connectivity index (χ1n) is 10.1. The summed E-state index contributed by atoms with van der Waals surface area (Å²) in [7, 11) is 0. The highest BCUT2D eigenvalue weighted by Gasteiger charge is 2.38. The van der Waals surface area contributed by atoms with Gasteiger partial charge in [-0.15, -0.1) is 23.7 Å². The molecule has 0 atom stereocenters. The van der Waals surface area contributed by atoms with Gasteiger partial charge in [0.15, 0.2) is 0 Å². The summed E-state index contributed by atoms with van der Waals surface area (Å²) in [6, 6.07) is 9.43. The number of thiophene rings is 1. The monoisotopic (exact) mass is 433 g/mol. The lowest BCUT2D eigenvalue weighted by Gasteiger charge is -2.38. The van der Waals surface area contributed by atoms with E-state index in [0.29, 0.717) is 21.5 Å². The number of hydrogen-bond acceptors (Lipinski definition) is 4. The number of carbonyl (C=O) groups excluding carboxylic acids is 2. The Labute approximate surface area is 182 Å². The third-order valence-corrected chi connectivity index (χ3v) is 7.02. The molecule has 7 heteroatoms. The number of rotatable bonds is 4. The van der Waals surface area contributed by atoms with Crippen LogP contribution >= 0.6 is 23.7 Å². The van der Waals surface area contributed by atoms with E-state index in [1.54, 1.807) is 0 Å². The lowest BCUT2D eigenvalue weighted by atomic mass is 9.78. The first-order valence-corrected chi connectivity index (χ1v) is 11.0. The van der Waals surface area contributed by atoms with Gasteiger partial charge in [-0.1, -0.05) is 19.1 Å². The van der Waals surface area contributed by atoms with Crippen LogP contribution in [0.5, 0.6) is 0 Å². The third kappa shape index (κ3) is 4.65. The highest BCUT2D eigenvalue weighted by atomic mass is 35.5. The standard InChI is InChI=1S/C22H27N3O2S.ClH/c1-2-16-3-5-17(6-4-16)19(26)24-20-18(7-14-28-20)21(27)25-12-9-22(10-13-25)8-11-23-15-22;/h3-7,14,23H,2,8-13,15H2,1H3,(H,24,26);1H. The molecule has 4 rings (SSSR count). The summed E-state index contributed by atoms with van der Waals surface area (Å²) in [5, 5.41) is 8.90. The predicted molar refractivity (Wildman–Crippen MR) is 120 cm³/mol. The lowest BCUT2D eigenvalue weighted by molar-refractivity contribution is 0.0609. The maximum Gasteiger partial charge on any atom is 0.256 e. The number of likely N-dealkylation sites (tertiary alicyclic amines) is 1.